The highest BCUT2D eigenvalue weighted by Crippen LogP contribution is 2.46. The van der Waals surface area contributed by atoms with Crippen LogP contribution in [-0.2, 0) is 4.57 Å². The molecule has 0 unspecified atom stereocenters. The van der Waals surface area contributed by atoms with Gasteiger partial charge in [-0.3, -0.25) is 0 Å². The van der Waals surface area contributed by atoms with Crippen molar-refractivity contribution < 1.29 is 4.57 Å². The normalized spacial score (nSPS) is 11.9. The van der Waals surface area contributed by atoms with Crippen molar-refractivity contribution in [3.8, 4) is 62.0 Å². The van der Waals surface area contributed by atoms with Crippen LogP contribution in [0.1, 0.15) is 0 Å². The number of hydrogen-bond acceptors (Lipinski definition) is 4. The minimum absolute atomic E-state index is 0.637. The summed E-state index contributed by atoms with van der Waals surface area (Å²) in [6.45, 7) is 3.61. The van der Waals surface area contributed by atoms with E-state index in [1.165, 1.54) is 21.7 Å². The molecule has 0 aliphatic carbocycles. The summed E-state index contributed by atoms with van der Waals surface area (Å²) in [4.78, 5) is 15.7. The molecule has 0 N–H and O–H groups in total. The Kier molecular flexibility index (Phi) is 9.15. The lowest BCUT2D eigenvalue weighted by molar-refractivity contribution is 0.588. The van der Waals surface area contributed by atoms with Crippen LogP contribution in [0.15, 0.2) is 212 Å². The molecule has 65 heavy (non-hydrogen) atoms. The molecule has 9 aromatic carbocycles. The van der Waals surface area contributed by atoms with E-state index < -0.39 is 7.14 Å². The van der Waals surface area contributed by atoms with Crippen molar-refractivity contribution in [2.75, 3.05) is 13.3 Å². The van der Waals surface area contributed by atoms with Gasteiger partial charge in [-0.15, -0.1) is 0 Å². The van der Waals surface area contributed by atoms with Gasteiger partial charge in [0.1, 0.15) is 7.14 Å². The van der Waals surface area contributed by atoms with Crippen LogP contribution in [0.25, 0.3) is 116 Å². The summed E-state index contributed by atoms with van der Waals surface area (Å²) in [5, 5.41) is 9.04. The first-order valence-corrected chi connectivity index (χ1v) is 24.5. The number of hydrogen-bond donors (Lipinski definition) is 0. The molecule has 12 aromatic rings. The van der Waals surface area contributed by atoms with E-state index in [2.05, 4.69) is 156 Å². The Morgan fingerprint density at radius 1 is 0.400 bits per heavy atom. The van der Waals surface area contributed by atoms with E-state index in [0.717, 1.165) is 94.0 Å². The van der Waals surface area contributed by atoms with Crippen LogP contribution in [0.3, 0.4) is 0 Å². The van der Waals surface area contributed by atoms with Crippen molar-refractivity contribution in [1.29, 1.82) is 0 Å². The summed E-state index contributed by atoms with van der Waals surface area (Å²) in [6.07, 6.45) is 0. The second kappa shape index (κ2) is 15.4. The predicted octanol–water partition coefficient (Wildman–Crippen LogP) is 15.0. The van der Waals surface area contributed by atoms with Crippen LogP contribution >= 0.6 is 7.14 Å². The molecule has 0 spiro atoms. The van der Waals surface area contributed by atoms with Crippen molar-refractivity contribution in [1.82, 2.24) is 19.5 Å². The molecule has 0 bridgehead atoms. The van der Waals surface area contributed by atoms with Gasteiger partial charge in [-0.1, -0.05) is 170 Å². The topological polar surface area (TPSA) is 60.7 Å². The van der Waals surface area contributed by atoms with Crippen LogP contribution in [0.4, 0.5) is 0 Å². The first-order chi connectivity index (χ1) is 31.9. The number of para-hydroxylation sites is 2. The second-order valence-electron chi connectivity index (χ2n) is 17.1. The third kappa shape index (κ3) is 6.63. The maximum absolute atomic E-state index is 13.1. The lowest BCUT2D eigenvalue weighted by Crippen LogP contribution is -2.03. The zero-order chi connectivity index (χ0) is 43.6. The van der Waals surface area contributed by atoms with Crippen LogP contribution in [0.5, 0.6) is 0 Å². The third-order valence-electron chi connectivity index (χ3n) is 12.7. The highest BCUT2D eigenvalue weighted by molar-refractivity contribution is 7.70. The molecule has 0 aliphatic heterocycles. The largest absolute Gasteiger partial charge is 0.319 e. The van der Waals surface area contributed by atoms with Crippen molar-refractivity contribution in [3.05, 3.63) is 212 Å². The fraction of sp³-hybridized carbons (Fsp3) is 0.0339. The lowest BCUT2D eigenvalue weighted by atomic mass is 9.90. The summed E-state index contributed by atoms with van der Waals surface area (Å²) in [7, 11) is -2.49. The fourth-order valence-corrected chi connectivity index (χ4v) is 10.5. The molecule has 0 radical (unpaired) electrons. The summed E-state index contributed by atoms with van der Waals surface area (Å²) >= 11 is 0. The van der Waals surface area contributed by atoms with Gasteiger partial charge >= 0.3 is 0 Å². The Balaban J connectivity index is 1.08. The van der Waals surface area contributed by atoms with E-state index >= 15 is 0 Å². The van der Waals surface area contributed by atoms with Gasteiger partial charge in [-0.25, -0.2) is 15.0 Å². The van der Waals surface area contributed by atoms with Gasteiger partial charge in [-0.05, 0) is 77.7 Å². The molecule has 12 rings (SSSR count). The van der Waals surface area contributed by atoms with Crippen molar-refractivity contribution in [2.45, 2.75) is 0 Å². The van der Waals surface area contributed by atoms with Crippen LogP contribution in [-0.4, -0.2) is 32.8 Å². The van der Waals surface area contributed by atoms with Gasteiger partial charge in [0.15, 0.2) is 5.82 Å². The Bertz CT molecular complexity index is 3860. The number of nitrogens with zero attached hydrogens (tertiary/aromatic N) is 4. The van der Waals surface area contributed by atoms with Gasteiger partial charge in [0, 0.05) is 60.2 Å². The molecule has 0 saturated carbocycles. The summed E-state index contributed by atoms with van der Waals surface area (Å²) in [5.41, 5.74) is 13.0. The van der Waals surface area contributed by atoms with E-state index in [4.69, 9.17) is 15.0 Å². The molecule has 0 atom stereocenters. The molecular weight excluding hydrogens is 812 g/mol. The van der Waals surface area contributed by atoms with E-state index in [1.54, 1.807) is 13.3 Å². The summed E-state index contributed by atoms with van der Waals surface area (Å²) < 4.78 is 15.5. The van der Waals surface area contributed by atoms with Crippen molar-refractivity contribution >= 4 is 66.7 Å². The molecular formula is C59H41N4OP. The lowest BCUT2D eigenvalue weighted by Gasteiger charge is -2.17. The van der Waals surface area contributed by atoms with Crippen molar-refractivity contribution in [3.63, 3.8) is 0 Å². The Morgan fingerprint density at radius 3 is 1.72 bits per heavy atom. The summed E-state index contributed by atoms with van der Waals surface area (Å²) in [5.74, 6) is 0.637. The molecule has 5 nitrogen and oxygen atoms in total. The average Bonchev–Trinajstić information content (AvgIpc) is 3.71. The minimum Gasteiger partial charge on any atom is -0.319 e. The fourth-order valence-electron chi connectivity index (χ4n) is 9.60. The number of pyridine rings is 1. The summed E-state index contributed by atoms with van der Waals surface area (Å²) in [6, 6.07) is 74.4. The van der Waals surface area contributed by atoms with Gasteiger partial charge in [0.25, 0.3) is 0 Å². The van der Waals surface area contributed by atoms with E-state index in [9.17, 15) is 4.57 Å². The smallest absolute Gasteiger partial charge is 0.160 e. The average molecular weight is 853 g/mol. The molecule has 0 saturated heterocycles. The highest BCUT2D eigenvalue weighted by atomic mass is 31.2. The maximum Gasteiger partial charge on any atom is 0.160 e. The maximum atomic E-state index is 13.1. The molecule has 0 fully saturated rings. The van der Waals surface area contributed by atoms with Gasteiger partial charge in [-0.2, -0.15) is 0 Å². The Hall–Kier alpha value is -7.98. The number of rotatable bonds is 7. The van der Waals surface area contributed by atoms with E-state index in [0.29, 0.717) is 5.82 Å². The van der Waals surface area contributed by atoms with Gasteiger partial charge in [0.05, 0.1) is 33.6 Å². The molecule has 3 aromatic heterocycles. The predicted molar refractivity (Wildman–Crippen MR) is 273 cm³/mol. The second-order valence-corrected chi connectivity index (χ2v) is 20.3. The monoisotopic (exact) mass is 852 g/mol. The van der Waals surface area contributed by atoms with Crippen LogP contribution in [0, 0.1) is 0 Å². The minimum atomic E-state index is -2.49. The third-order valence-corrected chi connectivity index (χ3v) is 14.2. The first-order valence-electron chi connectivity index (χ1n) is 21.9. The van der Waals surface area contributed by atoms with Crippen molar-refractivity contribution in [2.24, 2.45) is 0 Å². The Morgan fingerprint density at radius 2 is 1.00 bits per heavy atom. The highest BCUT2D eigenvalue weighted by Gasteiger charge is 2.22. The van der Waals surface area contributed by atoms with E-state index in [1.807, 2.05) is 60.7 Å². The zero-order valence-corrected chi connectivity index (χ0v) is 36.7. The standard InChI is InChI=1S/C59H41N4OP/c1-65(2,64)44-24-16-21-42(35-44)51-37-50(61-59(62-51)41-19-8-4-9-20-41)39-31-29-38(30-32-39)49-36-52-55(46-26-13-12-25-45(46)49)57-48(58(60-52)40-17-6-3-7-18-40)33-34-54-56(57)47-27-14-15-28-53(47)63(54)43-22-10-5-11-23-43/h3-37H,1-2H3. The molecule has 6 heteroatoms. The molecule has 3 heterocycles. The molecule has 308 valence electrons. The van der Waals surface area contributed by atoms with Crippen LogP contribution in [0.2, 0.25) is 0 Å². The molecule has 0 amide bonds. The van der Waals surface area contributed by atoms with Gasteiger partial charge in [0.2, 0.25) is 0 Å². The molecule has 0 aliphatic rings. The zero-order valence-electron chi connectivity index (χ0n) is 35.9. The Labute approximate surface area is 376 Å². The number of benzene rings is 9. The number of aromatic nitrogens is 4. The number of fused-ring (bicyclic) bond motifs is 9. The first kappa shape index (κ1) is 38.7. The quantitative estimate of drug-likeness (QED) is 0.118. The van der Waals surface area contributed by atoms with Gasteiger partial charge < -0.3 is 9.13 Å². The van der Waals surface area contributed by atoms with Crippen LogP contribution < -0.4 is 5.30 Å². The SMILES string of the molecule is CP(C)(=O)c1cccc(-c2cc(-c3ccc(-c4cc5nc(-c6ccccc6)c6ccc7c(c8ccccc8n7-c7ccccc7)c6c5c5ccccc45)cc3)nc(-c3ccccc3)n2)c1. The van der Waals surface area contributed by atoms with E-state index in [-0.39, 0.29) is 0 Å².